The first-order valence-electron chi connectivity index (χ1n) is 9.00. The normalized spacial score (nSPS) is 25.8. The van der Waals surface area contributed by atoms with Crippen molar-refractivity contribution in [3.8, 4) is 6.07 Å². The highest BCUT2D eigenvalue weighted by molar-refractivity contribution is 5.83. The van der Waals surface area contributed by atoms with Crippen LogP contribution in [0, 0.1) is 17.2 Å². The molecule has 1 aliphatic heterocycles. The Morgan fingerprint density at radius 3 is 2.84 bits per heavy atom. The average molecular weight is 342 g/mol. The van der Waals surface area contributed by atoms with Crippen LogP contribution in [0.25, 0.3) is 0 Å². The molecule has 1 aromatic heterocycles. The number of nitriles is 1. The SMILES string of the molecule is N#CC1(n2cc([C@@H](NC(=O)C3CN=CO3)C3CCCCC3)nn2)CC1. The molecule has 0 radical (unpaired) electrons. The molecule has 1 N–H and O–H groups in total. The molecule has 2 saturated carbocycles. The molecular weight excluding hydrogens is 320 g/mol. The standard InChI is InChI=1S/C17H22N6O2/c18-10-17(6-7-17)23-9-13(21-22-23)15(12-4-2-1-3-5-12)20-16(24)14-8-19-11-25-14/h9,11-12,14-15H,1-8H2,(H,20,24)/t14?,15-/m0/s1. The number of hydrogen-bond donors (Lipinski definition) is 1. The van der Waals surface area contributed by atoms with Crippen molar-refractivity contribution in [2.45, 2.75) is 62.6 Å². The molecule has 2 aliphatic carbocycles. The number of carbonyl (C=O) groups excluding carboxylic acids is 1. The Hall–Kier alpha value is -2.43. The van der Waals surface area contributed by atoms with Gasteiger partial charge in [0.2, 0.25) is 0 Å². The monoisotopic (exact) mass is 342 g/mol. The molecule has 1 unspecified atom stereocenters. The summed E-state index contributed by atoms with van der Waals surface area (Å²) in [4.78, 5) is 16.5. The number of rotatable bonds is 5. The molecule has 0 aromatic carbocycles. The third-order valence-corrected chi connectivity index (χ3v) is 5.48. The van der Waals surface area contributed by atoms with Gasteiger partial charge in [-0.15, -0.1) is 5.10 Å². The first-order valence-corrected chi connectivity index (χ1v) is 9.00. The number of amides is 1. The van der Waals surface area contributed by atoms with E-state index in [1.54, 1.807) is 4.68 Å². The van der Waals surface area contributed by atoms with Crippen molar-refractivity contribution < 1.29 is 9.53 Å². The van der Waals surface area contributed by atoms with Crippen LogP contribution < -0.4 is 5.32 Å². The number of nitrogens with zero attached hydrogens (tertiary/aromatic N) is 5. The van der Waals surface area contributed by atoms with E-state index in [2.05, 4.69) is 26.7 Å². The zero-order valence-corrected chi connectivity index (χ0v) is 14.1. The average Bonchev–Trinajstić information content (AvgIpc) is 3.05. The second kappa shape index (κ2) is 6.47. The number of aromatic nitrogens is 3. The summed E-state index contributed by atoms with van der Waals surface area (Å²) in [6.45, 7) is 0.355. The van der Waals surface area contributed by atoms with Crippen molar-refractivity contribution in [2.24, 2.45) is 10.9 Å². The fourth-order valence-electron chi connectivity index (χ4n) is 3.73. The molecule has 25 heavy (non-hydrogen) atoms. The maximum absolute atomic E-state index is 12.5. The van der Waals surface area contributed by atoms with Gasteiger partial charge in [-0.1, -0.05) is 24.5 Å². The fraction of sp³-hybridized carbons (Fsp3) is 0.706. The van der Waals surface area contributed by atoms with Crippen LogP contribution in [0.2, 0.25) is 0 Å². The number of ether oxygens (including phenoxy) is 1. The third kappa shape index (κ3) is 3.11. The first kappa shape index (κ1) is 16.1. The molecule has 2 heterocycles. The van der Waals surface area contributed by atoms with Crippen molar-refractivity contribution in [3.63, 3.8) is 0 Å². The summed E-state index contributed by atoms with van der Waals surface area (Å²) in [6, 6.07) is 2.13. The fourth-order valence-corrected chi connectivity index (χ4v) is 3.73. The summed E-state index contributed by atoms with van der Waals surface area (Å²) in [5.74, 6) is 0.173. The highest BCUT2D eigenvalue weighted by atomic mass is 16.5. The molecule has 4 rings (SSSR count). The number of carbonyl (C=O) groups is 1. The van der Waals surface area contributed by atoms with Gasteiger partial charge in [-0.2, -0.15) is 5.26 Å². The highest BCUT2D eigenvalue weighted by Crippen LogP contribution is 2.42. The predicted octanol–water partition coefficient (Wildman–Crippen LogP) is 1.46. The van der Waals surface area contributed by atoms with Crippen molar-refractivity contribution in [1.82, 2.24) is 20.3 Å². The van der Waals surface area contributed by atoms with E-state index in [-0.39, 0.29) is 11.9 Å². The van der Waals surface area contributed by atoms with Crippen LogP contribution in [0.1, 0.15) is 56.7 Å². The molecule has 0 saturated heterocycles. The largest absolute Gasteiger partial charge is 0.469 e. The van der Waals surface area contributed by atoms with Crippen molar-refractivity contribution in [1.29, 1.82) is 5.26 Å². The molecule has 0 bridgehead atoms. The van der Waals surface area contributed by atoms with E-state index < -0.39 is 11.6 Å². The molecule has 1 aromatic rings. The lowest BCUT2D eigenvalue weighted by atomic mass is 9.82. The van der Waals surface area contributed by atoms with E-state index in [0.29, 0.717) is 12.5 Å². The lowest BCUT2D eigenvalue weighted by Gasteiger charge is -2.30. The Morgan fingerprint density at radius 1 is 1.40 bits per heavy atom. The van der Waals surface area contributed by atoms with Gasteiger partial charge < -0.3 is 10.1 Å². The first-order chi connectivity index (χ1) is 12.2. The predicted molar refractivity (Wildman–Crippen MR) is 88.5 cm³/mol. The molecule has 2 fully saturated rings. The van der Waals surface area contributed by atoms with Gasteiger partial charge in [-0.3, -0.25) is 9.79 Å². The van der Waals surface area contributed by atoms with Gasteiger partial charge in [-0.25, -0.2) is 4.68 Å². The minimum absolute atomic E-state index is 0.163. The maximum atomic E-state index is 12.5. The summed E-state index contributed by atoms with van der Waals surface area (Å²) < 4.78 is 6.90. The van der Waals surface area contributed by atoms with Gasteiger partial charge in [0.25, 0.3) is 5.91 Å². The lowest BCUT2D eigenvalue weighted by Crippen LogP contribution is -2.41. The van der Waals surface area contributed by atoms with Gasteiger partial charge in [0.1, 0.15) is 5.69 Å². The lowest BCUT2D eigenvalue weighted by molar-refractivity contribution is -0.128. The Labute approximate surface area is 146 Å². The Bertz CT molecular complexity index is 703. The molecule has 132 valence electrons. The smallest absolute Gasteiger partial charge is 0.263 e. The Morgan fingerprint density at radius 2 is 2.20 bits per heavy atom. The van der Waals surface area contributed by atoms with Gasteiger partial charge in [0.05, 0.1) is 24.9 Å². The van der Waals surface area contributed by atoms with E-state index in [1.807, 2.05) is 6.20 Å². The van der Waals surface area contributed by atoms with Crippen molar-refractivity contribution >= 4 is 12.3 Å². The van der Waals surface area contributed by atoms with E-state index in [4.69, 9.17) is 4.74 Å². The number of hydrogen-bond acceptors (Lipinski definition) is 6. The second-order valence-electron chi connectivity index (χ2n) is 7.21. The molecule has 3 aliphatic rings. The minimum Gasteiger partial charge on any atom is -0.469 e. The quantitative estimate of drug-likeness (QED) is 0.872. The van der Waals surface area contributed by atoms with E-state index >= 15 is 0 Å². The summed E-state index contributed by atoms with van der Waals surface area (Å²) >= 11 is 0. The Balaban J connectivity index is 1.54. The summed E-state index contributed by atoms with van der Waals surface area (Å²) in [7, 11) is 0. The van der Waals surface area contributed by atoms with Crippen LogP contribution in [0.3, 0.4) is 0 Å². The summed E-state index contributed by atoms with van der Waals surface area (Å²) in [5.41, 5.74) is 0.204. The number of aliphatic imine (C=N–C) groups is 1. The molecule has 2 atom stereocenters. The van der Waals surface area contributed by atoms with E-state index in [9.17, 15) is 10.1 Å². The van der Waals surface area contributed by atoms with Gasteiger partial charge >= 0.3 is 0 Å². The molecular formula is C17H22N6O2. The second-order valence-corrected chi connectivity index (χ2v) is 7.21. The minimum atomic E-state index is -0.560. The molecule has 8 nitrogen and oxygen atoms in total. The molecule has 8 heteroatoms. The summed E-state index contributed by atoms with van der Waals surface area (Å²) in [5, 5.41) is 20.9. The molecule has 1 amide bonds. The third-order valence-electron chi connectivity index (χ3n) is 5.48. The van der Waals surface area contributed by atoms with E-state index in [1.165, 1.54) is 12.8 Å². The van der Waals surface area contributed by atoms with Gasteiger partial charge in [-0.05, 0) is 31.6 Å². The van der Waals surface area contributed by atoms with Crippen molar-refractivity contribution in [3.05, 3.63) is 11.9 Å². The highest BCUT2D eigenvalue weighted by Gasteiger charge is 2.47. The van der Waals surface area contributed by atoms with Crippen LogP contribution >= 0.6 is 0 Å². The van der Waals surface area contributed by atoms with Crippen LogP contribution in [0.5, 0.6) is 0 Å². The van der Waals surface area contributed by atoms with E-state index in [0.717, 1.165) is 44.2 Å². The zero-order chi connectivity index (χ0) is 17.3. The number of nitrogens with one attached hydrogen (secondary N) is 1. The van der Waals surface area contributed by atoms with Crippen LogP contribution in [0.4, 0.5) is 0 Å². The summed E-state index contributed by atoms with van der Waals surface area (Å²) in [6.07, 6.45) is 9.90. The topological polar surface area (TPSA) is 105 Å². The van der Waals surface area contributed by atoms with Crippen LogP contribution in [0.15, 0.2) is 11.2 Å². The van der Waals surface area contributed by atoms with Gasteiger partial charge in [0, 0.05) is 0 Å². The van der Waals surface area contributed by atoms with Crippen molar-refractivity contribution in [2.75, 3.05) is 6.54 Å². The zero-order valence-electron chi connectivity index (χ0n) is 14.1. The van der Waals surface area contributed by atoms with Crippen LogP contribution in [-0.4, -0.2) is 40.0 Å². The Kier molecular flexibility index (Phi) is 4.15. The van der Waals surface area contributed by atoms with Crippen LogP contribution in [-0.2, 0) is 15.1 Å². The molecule has 0 spiro atoms. The van der Waals surface area contributed by atoms with Gasteiger partial charge in [0.15, 0.2) is 18.0 Å². The maximum Gasteiger partial charge on any atom is 0.263 e.